The van der Waals surface area contributed by atoms with Crippen molar-refractivity contribution in [3.8, 4) is 0 Å². The summed E-state index contributed by atoms with van der Waals surface area (Å²) in [6.45, 7) is 0. The molecule has 0 spiro atoms. The maximum absolute atomic E-state index is 8.93. The van der Waals surface area contributed by atoms with Gasteiger partial charge >= 0.3 is 174 Å². The van der Waals surface area contributed by atoms with Crippen molar-refractivity contribution in [2.75, 3.05) is 0 Å². The van der Waals surface area contributed by atoms with Crippen LogP contribution in [-0.4, -0.2) is 18.4 Å². The summed E-state index contributed by atoms with van der Waals surface area (Å²) in [5.74, 6) is 0. The third kappa shape index (κ3) is 3.97. The third-order valence-electron chi connectivity index (χ3n) is 5.24. The molecule has 28 heavy (non-hydrogen) atoms. The summed E-state index contributed by atoms with van der Waals surface area (Å²) in [6.07, 6.45) is 2.03. The van der Waals surface area contributed by atoms with E-state index in [1.54, 1.807) is 0 Å². The normalized spacial score (nSPS) is 12.4. The van der Waals surface area contributed by atoms with Crippen molar-refractivity contribution < 1.29 is 1.37 Å². The molecule has 136 valence electrons. The molecule has 0 unspecified atom stereocenters. The van der Waals surface area contributed by atoms with Crippen LogP contribution >= 0.6 is 0 Å². The molecule has 0 fully saturated rings. The van der Waals surface area contributed by atoms with Gasteiger partial charge in [-0.05, 0) is 0 Å². The van der Waals surface area contributed by atoms with Crippen molar-refractivity contribution in [3.63, 3.8) is 0 Å². The summed E-state index contributed by atoms with van der Waals surface area (Å²) in [7, 11) is 0. The number of rotatable bonds is 6. The molecule has 0 atom stereocenters. The van der Waals surface area contributed by atoms with E-state index in [0.29, 0.717) is 6.05 Å². The number of hydrogen-bond donors (Lipinski definition) is 0. The zero-order chi connectivity index (χ0) is 19.9. The van der Waals surface area contributed by atoms with Gasteiger partial charge in [-0.15, -0.1) is 0 Å². The van der Waals surface area contributed by atoms with Gasteiger partial charge < -0.3 is 0 Å². The Morgan fingerprint density at radius 3 is 1.29 bits per heavy atom. The fourth-order valence-corrected chi connectivity index (χ4v) is 16.1. The fourth-order valence-electron chi connectivity index (χ4n) is 3.85. The molecule has 0 saturated carbocycles. The van der Waals surface area contributed by atoms with E-state index in [-0.39, 0.29) is 0 Å². The van der Waals surface area contributed by atoms with Gasteiger partial charge in [0.25, 0.3) is 0 Å². The molecule has 0 aliphatic carbocycles. The van der Waals surface area contributed by atoms with Crippen molar-refractivity contribution in [2.45, 2.75) is 4.44 Å². The van der Waals surface area contributed by atoms with Gasteiger partial charge in [0, 0.05) is 0 Å². The molecule has 4 rings (SSSR count). The SMILES string of the molecule is [2H]/C(=C\c1ccccc1)[CH2][Sn]([c]1ccccc1)([c]1ccccc1)[c]1ccccc1. The van der Waals surface area contributed by atoms with Crippen molar-refractivity contribution in [1.29, 1.82) is 0 Å². The average molecular weight is 468 g/mol. The Morgan fingerprint density at radius 1 is 0.536 bits per heavy atom. The Labute approximate surface area is 173 Å². The first-order valence-corrected chi connectivity index (χ1v) is 16.0. The predicted molar refractivity (Wildman–Crippen MR) is 124 cm³/mol. The van der Waals surface area contributed by atoms with Crippen molar-refractivity contribution in [3.05, 3.63) is 133 Å². The van der Waals surface area contributed by atoms with Gasteiger partial charge in [-0.2, -0.15) is 0 Å². The first kappa shape index (κ1) is 17.5. The predicted octanol–water partition coefficient (Wildman–Crippen LogP) is 4.87. The van der Waals surface area contributed by atoms with Crippen LogP contribution in [0.1, 0.15) is 6.93 Å². The number of benzene rings is 4. The van der Waals surface area contributed by atoms with E-state index in [2.05, 4.69) is 103 Å². The summed E-state index contributed by atoms with van der Waals surface area (Å²) < 4.78 is 13.9. The van der Waals surface area contributed by atoms with E-state index in [0.717, 1.165) is 10.0 Å². The van der Waals surface area contributed by atoms with Crippen LogP contribution in [0.15, 0.2) is 127 Å². The Balaban J connectivity index is 1.92. The minimum atomic E-state index is -3.41. The van der Waals surface area contributed by atoms with E-state index in [1.807, 2.05) is 24.3 Å². The second-order valence-corrected chi connectivity index (χ2v) is 18.1. The van der Waals surface area contributed by atoms with Crippen LogP contribution in [0.4, 0.5) is 0 Å². The van der Waals surface area contributed by atoms with Crippen LogP contribution in [0.25, 0.3) is 6.08 Å². The standard InChI is InChI=1S/C9H9.3C6H5.Sn/c1-2-6-9-7-4-3-5-8-9;3*1-2-4-6-5-3-1;/h2-8H,1H2;3*1-5H;/b6-2+;;;;/i2D;;;;. The number of allylic oxidation sites excluding steroid dienone is 1. The van der Waals surface area contributed by atoms with E-state index in [1.165, 1.54) is 10.7 Å². The zero-order valence-electron chi connectivity index (χ0n) is 16.8. The molecule has 0 amide bonds. The minimum absolute atomic E-state index is 0.698. The summed E-state index contributed by atoms with van der Waals surface area (Å²) in [6, 6.07) is 43.6. The molecule has 4 aromatic carbocycles. The molecule has 0 nitrogen and oxygen atoms in total. The van der Waals surface area contributed by atoms with Crippen LogP contribution < -0.4 is 10.7 Å². The summed E-state index contributed by atoms with van der Waals surface area (Å²) in [4.78, 5) is 0. The molecule has 0 radical (unpaired) electrons. The van der Waals surface area contributed by atoms with Gasteiger partial charge in [0.1, 0.15) is 0 Å². The molecular weight excluding hydrogens is 443 g/mol. The fraction of sp³-hybridized carbons (Fsp3) is 0.0370. The Hall–Kier alpha value is -2.58. The Morgan fingerprint density at radius 2 is 0.893 bits per heavy atom. The third-order valence-corrected chi connectivity index (χ3v) is 18.6. The van der Waals surface area contributed by atoms with Crippen LogP contribution in [0, 0.1) is 0 Å². The summed E-state index contributed by atoms with van der Waals surface area (Å²) >= 11 is -3.41. The number of hydrogen-bond acceptors (Lipinski definition) is 0. The van der Waals surface area contributed by atoms with Gasteiger partial charge in [0.05, 0.1) is 0 Å². The Kier molecular flexibility index (Phi) is 5.67. The van der Waals surface area contributed by atoms with Crippen molar-refractivity contribution in [2.24, 2.45) is 0 Å². The molecule has 0 aromatic heterocycles. The molecule has 0 saturated heterocycles. The zero-order valence-corrected chi connectivity index (χ0v) is 18.7. The Bertz CT molecular complexity index is 962. The van der Waals surface area contributed by atoms with Crippen LogP contribution in [-0.2, 0) is 0 Å². The molecular formula is C27H24Sn. The maximum atomic E-state index is 8.93. The second kappa shape index (κ2) is 9.07. The quantitative estimate of drug-likeness (QED) is 0.355. The first-order valence-electron chi connectivity index (χ1n) is 10.2. The van der Waals surface area contributed by atoms with Crippen molar-refractivity contribution in [1.82, 2.24) is 0 Å². The molecule has 0 aliphatic heterocycles. The van der Waals surface area contributed by atoms with Gasteiger partial charge in [-0.3, -0.25) is 0 Å². The molecule has 0 aliphatic rings. The van der Waals surface area contributed by atoms with E-state index in [9.17, 15) is 0 Å². The summed E-state index contributed by atoms with van der Waals surface area (Å²) in [5, 5.41) is 0. The van der Waals surface area contributed by atoms with Crippen LogP contribution in [0.3, 0.4) is 0 Å². The van der Waals surface area contributed by atoms with Gasteiger partial charge in [-0.25, -0.2) is 0 Å². The monoisotopic (exact) mass is 469 g/mol. The average Bonchev–Trinajstić information content (AvgIpc) is 2.80. The summed E-state index contributed by atoms with van der Waals surface area (Å²) in [5.41, 5.74) is 1.09. The van der Waals surface area contributed by atoms with Crippen molar-refractivity contribution >= 4 is 35.2 Å². The van der Waals surface area contributed by atoms with Crippen LogP contribution in [0.2, 0.25) is 4.44 Å². The van der Waals surface area contributed by atoms with Gasteiger partial charge in [-0.1, -0.05) is 0 Å². The van der Waals surface area contributed by atoms with Crippen LogP contribution in [0.5, 0.6) is 0 Å². The van der Waals surface area contributed by atoms with E-state index < -0.39 is 18.4 Å². The molecule has 0 heterocycles. The van der Waals surface area contributed by atoms with E-state index >= 15 is 0 Å². The van der Waals surface area contributed by atoms with Gasteiger partial charge in [0.15, 0.2) is 0 Å². The molecule has 0 bridgehead atoms. The topological polar surface area (TPSA) is 0 Å². The molecule has 0 N–H and O–H groups in total. The first-order chi connectivity index (χ1) is 14.3. The second-order valence-electron chi connectivity index (χ2n) is 6.94. The molecule has 1 heteroatoms. The van der Waals surface area contributed by atoms with Gasteiger partial charge in [0.2, 0.25) is 0 Å². The molecule has 4 aromatic rings. The van der Waals surface area contributed by atoms with E-state index in [4.69, 9.17) is 1.37 Å².